The van der Waals surface area contributed by atoms with Crippen molar-refractivity contribution in [2.24, 2.45) is 0 Å². The van der Waals surface area contributed by atoms with Crippen molar-refractivity contribution < 1.29 is 4.74 Å². The van der Waals surface area contributed by atoms with Gasteiger partial charge in [-0.2, -0.15) is 0 Å². The molecule has 0 N–H and O–H groups in total. The summed E-state index contributed by atoms with van der Waals surface area (Å²) < 4.78 is 5.83. The minimum Gasteiger partial charge on any atom is -0.376 e. The predicted octanol–water partition coefficient (Wildman–Crippen LogP) is 8.58. The fourth-order valence-corrected chi connectivity index (χ4v) is 4.92. The van der Waals surface area contributed by atoms with Gasteiger partial charge in [0, 0.05) is 16.5 Å². The van der Waals surface area contributed by atoms with Crippen molar-refractivity contribution in [2.75, 3.05) is 18.2 Å². The number of benzene rings is 4. The van der Waals surface area contributed by atoms with Crippen LogP contribution in [0.5, 0.6) is 0 Å². The van der Waals surface area contributed by atoms with E-state index < -0.39 is 0 Å². The highest BCUT2D eigenvalue weighted by Crippen LogP contribution is 2.35. The summed E-state index contributed by atoms with van der Waals surface area (Å²) in [7, 11) is 0. The largest absolute Gasteiger partial charge is 0.376 e. The molecule has 0 fully saturated rings. The number of ether oxygens (including phenoxy) is 1. The Hall–Kier alpha value is -2.78. The molecule has 0 unspecified atom stereocenters. The van der Waals surface area contributed by atoms with Crippen LogP contribution in [0, 0.1) is 0 Å². The summed E-state index contributed by atoms with van der Waals surface area (Å²) >= 11 is 8.09. The fourth-order valence-electron chi connectivity index (χ4n) is 3.97. The number of hydrogen-bond acceptors (Lipinski definition) is 2. The standard InChI is InChI=1S/C31H29ClOS/c32-21-20-30(26-12-6-2-7-13-26)31(27-14-8-3-9-15-27)28-16-18-29(19-17-28)34-23-22-33-24-25-10-4-1-5-11-25/h1-19H,20-24H2. The molecule has 0 bridgehead atoms. The zero-order chi connectivity index (χ0) is 23.4. The van der Waals surface area contributed by atoms with Crippen LogP contribution in [0.1, 0.15) is 28.7 Å². The molecule has 3 heteroatoms. The molecule has 0 aliphatic heterocycles. The zero-order valence-corrected chi connectivity index (χ0v) is 20.8. The maximum absolute atomic E-state index is 6.26. The topological polar surface area (TPSA) is 9.23 Å². The van der Waals surface area contributed by atoms with E-state index in [1.807, 2.05) is 30.0 Å². The van der Waals surface area contributed by atoms with Crippen LogP contribution < -0.4 is 0 Å². The van der Waals surface area contributed by atoms with Crippen molar-refractivity contribution in [1.82, 2.24) is 0 Å². The molecular formula is C31H29ClOS. The Morgan fingerprint density at radius 2 is 1.21 bits per heavy atom. The van der Waals surface area contributed by atoms with Gasteiger partial charge in [-0.1, -0.05) is 103 Å². The Labute approximate surface area is 212 Å². The molecule has 0 amide bonds. The van der Waals surface area contributed by atoms with Crippen molar-refractivity contribution in [1.29, 1.82) is 0 Å². The minimum atomic E-state index is 0.581. The first-order chi connectivity index (χ1) is 16.8. The number of thioether (sulfide) groups is 1. The molecule has 0 spiro atoms. The third kappa shape index (κ3) is 6.87. The lowest BCUT2D eigenvalue weighted by molar-refractivity contribution is 0.136. The zero-order valence-electron chi connectivity index (χ0n) is 19.2. The third-order valence-electron chi connectivity index (χ3n) is 5.58. The molecule has 4 rings (SSSR count). The van der Waals surface area contributed by atoms with Crippen molar-refractivity contribution in [3.8, 4) is 0 Å². The first-order valence-corrected chi connectivity index (χ1v) is 13.1. The van der Waals surface area contributed by atoms with Crippen LogP contribution in [-0.4, -0.2) is 18.2 Å². The van der Waals surface area contributed by atoms with Gasteiger partial charge in [0.05, 0.1) is 13.2 Å². The van der Waals surface area contributed by atoms with Crippen LogP contribution in [0.2, 0.25) is 0 Å². The summed E-state index contributed by atoms with van der Waals surface area (Å²) in [6, 6.07) is 40.4. The number of halogens is 1. The van der Waals surface area contributed by atoms with Gasteiger partial charge in [-0.15, -0.1) is 23.4 Å². The maximum Gasteiger partial charge on any atom is 0.0717 e. The highest BCUT2D eigenvalue weighted by atomic mass is 35.5. The fraction of sp³-hybridized carbons (Fsp3) is 0.161. The molecule has 0 aliphatic rings. The monoisotopic (exact) mass is 484 g/mol. The highest BCUT2D eigenvalue weighted by Gasteiger charge is 2.14. The second kappa shape index (κ2) is 13.2. The van der Waals surface area contributed by atoms with Crippen molar-refractivity contribution >= 4 is 34.5 Å². The quantitative estimate of drug-likeness (QED) is 0.0911. The Kier molecular flexibility index (Phi) is 9.45. The molecule has 0 aliphatic carbocycles. The normalized spacial score (nSPS) is 11.8. The second-order valence-corrected chi connectivity index (χ2v) is 9.48. The molecule has 0 atom stereocenters. The smallest absolute Gasteiger partial charge is 0.0717 e. The Balaban J connectivity index is 1.50. The summed E-state index contributed by atoms with van der Waals surface area (Å²) in [6.07, 6.45) is 0.811. The summed E-state index contributed by atoms with van der Waals surface area (Å²) in [6.45, 7) is 1.39. The van der Waals surface area contributed by atoms with E-state index >= 15 is 0 Å². The average Bonchev–Trinajstić information content (AvgIpc) is 2.91. The van der Waals surface area contributed by atoms with E-state index in [9.17, 15) is 0 Å². The van der Waals surface area contributed by atoms with Crippen LogP contribution in [-0.2, 0) is 11.3 Å². The molecule has 4 aromatic carbocycles. The molecule has 0 radical (unpaired) electrons. The number of allylic oxidation sites excluding steroid dienone is 1. The van der Waals surface area contributed by atoms with Crippen molar-refractivity contribution in [2.45, 2.75) is 17.9 Å². The molecule has 0 saturated carbocycles. The maximum atomic E-state index is 6.26. The Morgan fingerprint density at radius 1 is 0.647 bits per heavy atom. The van der Waals surface area contributed by atoms with Gasteiger partial charge in [0.1, 0.15) is 0 Å². The number of alkyl halides is 1. The van der Waals surface area contributed by atoms with E-state index in [2.05, 4.69) is 97.1 Å². The van der Waals surface area contributed by atoms with Gasteiger partial charge in [0.25, 0.3) is 0 Å². The number of hydrogen-bond donors (Lipinski definition) is 0. The SMILES string of the molecule is ClCCC(=C(c1ccccc1)c1ccc(SCCOCc2ccccc2)cc1)c1ccccc1. The predicted molar refractivity (Wildman–Crippen MR) is 147 cm³/mol. The van der Waals surface area contributed by atoms with Gasteiger partial charge in [0.15, 0.2) is 0 Å². The molecule has 0 heterocycles. The molecule has 1 nitrogen and oxygen atoms in total. The minimum absolute atomic E-state index is 0.581. The second-order valence-electron chi connectivity index (χ2n) is 7.94. The van der Waals surface area contributed by atoms with E-state index in [-0.39, 0.29) is 0 Å². The van der Waals surface area contributed by atoms with Gasteiger partial charge >= 0.3 is 0 Å². The van der Waals surface area contributed by atoms with E-state index in [0.29, 0.717) is 12.5 Å². The lowest BCUT2D eigenvalue weighted by Gasteiger charge is -2.17. The highest BCUT2D eigenvalue weighted by molar-refractivity contribution is 7.99. The summed E-state index contributed by atoms with van der Waals surface area (Å²) in [5.41, 5.74) is 7.37. The first-order valence-electron chi connectivity index (χ1n) is 11.6. The van der Waals surface area contributed by atoms with E-state index in [0.717, 1.165) is 18.8 Å². The average molecular weight is 485 g/mol. The molecule has 0 aromatic heterocycles. The van der Waals surface area contributed by atoms with Gasteiger partial charge in [0.2, 0.25) is 0 Å². The molecule has 0 saturated heterocycles. The Morgan fingerprint density at radius 3 is 1.82 bits per heavy atom. The van der Waals surface area contributed by atoms with Gasteiger partial charge in [-0.25, -0.2) is 0 Å². The van der Waals surface area contributed by atoms with Crippen LogP contribution >= 0.6 is 23.4 Å². The van der Waals surface area contributed by atoms with E-state index in [4.69, 9.17) is 16.3 Å². The van der Waals surface area contributed by atoms with Crippen LogP contribution in [0.15, 0.2) is 120 Å². The molecular weight excluding hydrogens is 456 g/mol. The lowest BCUT2D eigenvalue weighted by atomic mass is 9.88. The van der Waals surface area contributed by atoms with Gasteiger partial charge in [-0.3, -0.25) is 0 Å². The van der Waals surface area contributed by atoms with Crippen LogP contribution in [0.3, 0.4) is 0 Å². The molecule has 34 heavy (non-hydrogen) atoms. The first kappa shape index (κ1) is 24.3. The summed E-state index contributed by atoms with van der Waals surface area (Å²) in [5, 5.41) is 0. The van der Waals surface area contributed by atoms with Gasteiger partial charge in [-0.05, 0) is 52.0 Å². The molecule has 172 valence electrons. The summed E-state index contributed by atoms with van der Waals surface area (Å²) in [5.74, 6) is 1.51. The van der Waals surface area contributed by atoms with Crippen molar-refractivity contribution in [3.05, 3.63) is 138 Å². The third-order valence-corrected chi connectivity index (χ3v) is 6.75. The van der Waals surface area contributed by atoms with E-state index in [1.165, 1.54) is 38.3 Å². The Bertz CT molecular complexity index is 1160. The number of rotatable bonds is 11. The lowest BCUT2D eigenvalue weighted by Crippen LogP contribution is -1.98. The van der Waals surface area contributed by atoms with Crippen LogP contribution in [0.25, 0.3) is 11.1 Å². The van der Waals surface area contributed by atoms with E-state index in [1.54, 1.807) is 0 Å². The molecule has 4 aromatic rings. The van der Waals surface area contributed by atoms with Crippen molar-refractivity contribution in [3.63, 3.8) is 0 Å². The van der Waals surface area contributed by atoms with Crippen LogP contribution in [0.4, 0.5) is 0 Å². The summed E-state index contributed by atoms with van der Waals surface area (Å²) in [4.78, 5) is 1.25. The van der Waals surface area contributed by atoms with Gasteiger partial charge < -0.3 is 4.74 Å².